The van der Waals surface area contributed by atoms with E-state index in [2.05, 4.69) is 12.2 Å². The highest BCUT2D eigenvalue weighted by atomic mass is 16.5. The minimum Gasteiger partial charge on any atom is -0.381 e. The van der Waals surface area contributed by atoms with E-state index in [-0.39, 0.29) is 11.8 Å². The Kier molecular flexibility index (Phi) is 7.41. The van der Waals surface area contributed by atoms with Crippen molar-refractivity contribution in [2.45, 2.75) is 40.0 Å². The predicted octanol–water partition coefficient (Wildman–Crippen LogP) is 4.70. The molecule has 0 atom stereocenters. The molecule has 0 fully saturated rings. The smallest absolute Gasteiger partial charge is 0.278 e. The Labute approximate surface area is 178 Å². The monoisotopic (exact) mass is 406 g/mol. The number of nitrogens with zero attached hydrogens (tertiary/aromatic N) is 1. The number of rotatable bonds is 10. The lowest BCUT2D eigenvalue weighted by Crippen LogP contribution is -2.34. The molecule has 0 spiro atoms. The minimum atomic E-state index is -0.286. The fourth-order valence-electron chi connectivity index (χ4n) is 3.42. The maximum atomic E-state index is 13.2. The fourth-order valence-corrected chi connectivity index (χ4v) is 3.42. The standard InChI is InChI=1S/C25H30N2O3/c1-4-5-15-30-16-7-14-27-24(28)22(20-12-10-18(2)11-13-20)23(25(27)29)26-21-9-6-8-19(3)17-21/h6,8-13,17,26H,4-5,7,14-16H2,1-3H3. The normalized spacial score (nSPS) is 14.0. The number of carbonyl (C=O) groups is 2. The molecule has 0 aliphatic carbocycles. The van der Waals surface area contributed by atoms with Crippen LogP contribution in [0.25, 0.3) is 5.57 Å². The van der Waals surface area contributed by atoms with Crippen LogP contribution in [0, 0.1) is 13.8 Å². The lowest BCUT2D eigenvalue weighted by molar-refractivity contribution is -0.137. The van der Waals surface area contributed by atoms with Crippen molar-refractivity contribution in [3.8, 4) is 0 Å². The molecule has 1 aliphatic rings. The summed E-state index contributed by atoms with van der Waals surface area (Å²) < 4.78 is 5.59. The number of amides is 2. The van der Waals surface area contributed by atoms with E-state index in [0.29, 0.717) is 37.4 Å². The summed E-state index contributed by atoms with van der Waals surface area (Å²) in [6.45, 7) is 7.70. The molecule has 2 aromatic rings. The van der Waals surface area contributed by atoms with Gasteiger partial charge in [0, 0.05) is 25.4 Å². The van der Waals surface area contributed by atoms with Crippen LogP contribution in [0.5, 0.6) is 0 Å². The molecule has 5 nitrogen and oxygen atoms in total. The maximum absolute atomic E-state index is 13.2. The second-order valence-electron chi connectivity index (χ2n) is 7.69. The van der Waals surface area contributed by atoms with E-state index >= 15 is 0 Å². The van der Waals surface area contributed by atoms with Crippen molar-refractivity contribution in [3.63, 3.8) is 0 Å². The van der Waals surface area contributed by atoms with Gasteiger partial charge in [-0.25, -0.2) is 0 Å². The first-order valence-electron chi connectivity index (χ1n) is 10.6. The van der Waals surface area contributed by atoms with Crippen LogP contribution in [-0.2, 0) is 14.3 Å². The summed E-state index contributed by atoms with van der Waals surface area (Å²) in [7, 11) is 0. The molecule has 0 saturated carbocycles. The molecule has 5 heteroatoms. The molecule has 1 aliphatic heterocycles. The molecule has 3 rings (SSSR count). The second-order valence-corrected chi connectivity index (χ2v) is 7.69. The topological polar surface area (TPSA) is 58.6 Å². The van der Waals surface area contributed by atoms with Gasteiger partial charge in [-0.1, -0.05) is 55.3 Å². The van der Waals surface area contributed by atoms with Crippen molar-refractivity contribution in [1.82, 2.24) is 4.90 Å². The predicted molar refractivity (Wildman–Crippen MR) is 120 cm³/mol. The van der Waals surface area contributed by atoms with Crippen molar-refractivity contribution in [3.05, 3.63) is 70.9 Å². The van der Waals surface area contributed by atoms with E-state index in [4.69, 9.17) is 4.74 Å². The van der Waals surface area contributed by atoms with E-state index in [9.17, 15) is 9.59 Å². The first-order valence-corrected chi connectivity index (χ1v) is 10.6. The largest absolute Gasteiger partial charge is 0.381 e. The summed E-state index contributed by atoms with van der Waals surface area (Å²) in [5, 5.41) is 3.21. The summed E-state index contributed by atoms with van der Waals surface area (Å²) in [6.07, 6.45) is 2.73. The van der Waals surface area contributed by atoms with Gasteiger partial charge in [0.05, 0.1) is 5.57 Å². The summed E-state index contributed by atoms with van der Waals surface area (Å²) in [5.41, 5.74) is 4.48. The summed E-state index contributed by atoms with van der Waals surface area (Å²) in [5.74, 6) is -0.543. The van der Waals surface area contributed by atoms with Crippen LogP contribution in [0.2, 0.25) is 0 Å². The number of ether oxygens (including phenoxy) is 1. The molecule has 0 saturated heterocycles. The molecule has 2 aromatic carbocycles. The minimum absolute atomic E-state index is 0.257. The molecular formula is C25H30N2O3. The molecule has 2 amide bonds. The zero-order chi connectivity index (χ0) is 21.5. The first-order chi connectivity index (χ1) is 14.5. The Hall–Kier alpha value is -2.92. The molecule has 158 valence electrons. The van der Waals surface area contributed by atoms with Crippen LogP contribution in [0.4, 0.5) is 5.69 Å². The number of anilines is 1. The van der Waals surface area contributed by atoms with Crippen molar-refractivity contribution in [2.75, 3.05) is 25.1 Å². The number of imide groups is 1. The van der Waals surface area contributed by atoms with Gasteiger partial charge in [0.2, 0.25) is 0 Å². The zero-order valence-electron chi connectivity index (χ0n) is 18.0. The van der Waals surface area contributed by atoms with Crippen LogP contribution in [-0.4, -0.2) is 36.5 Å². The third kappa shape index (κ3) is 5.16. The van der Waals surface area contributed by atoms with Gasteiger partial charge in [-0.3, -0.25) is 14.5 Å². The number of hydrogen-bond donors (Lipinski definition) is 1. The van der Waals surface area contributed by atoms with E-state index in [1.807, 2.05) is 62.4 Å². The van der Waals surface area contributed by atoms with Gasteiger partial charge in [-0.15, -0.1) is 0 Å². The number of benzene rings is 2. The molecule has 30 heavy (non-hydrogen) atoms. The molecular weight excluding hydrogens is 376 g/mol. The Balaban J connectivity index is 1.82. The van der Waals surface area contributed by atoms with Crippen molar-refractivity contribution < 1.29 is 14.3 Å². The summed E-state index contributed by atoms with van der Waals surface area (Å²) >= 11 is 0. The third-order valence-corrected chi connectivity index (χ3v) is 5.11. The zero-order valence-corrected chi connectivity index (χ0v) is 18.0. The lowest BCUT2D eigenvalue weighted by Gasteiger charge is -2.15. The molecule has 0 aromatic heterocycles. The van der Waals surface area contributed by atoms with E-state index < -0.39 is 0 Å². The van der Waals surface area contributed by atoms with E-state index in [1.54, 1.807) is 0 Å². The average molecular weight is 407 g/mol. The van der Waals surface area contributed by atoms with E-state index in [0.717, 1.165) is 35.2 Å². The van der Waals surface area contributed by atoms with Crippen molar-refractivity contribution >= 4 is 23.1 Å². The van der Waals surface area contributed by atoms with Crippen LogP contribution in [0.15, 0.2) is 54.2 Å². The van der Waals surface area contributed by atoms with E-state index in [1.165, 1.54) is 4.90 Å². The Morgan fingerprint density at radius 3 is 2.33 bits per heavy atom. The number of hydrogen-bond acceptors (Lipinski definition) is 4. The highest BCUT2D eigenvalue weighted by molar-refractivity contribution is 6.36. The first kappa shape index (κ1) is 21.8. The average Bonchev–Trinajstić information content (AvgIpc) is 2.95. The third-order valence-electron chi connectivity index (χ3n) is 5.11. The van der Waals surface area contributed by atoms with Crippen molar-refractivity contribution in [2.24, 2.45) is 0 Å². The molecule has 0 radical (unpaired) electrons. The SMILES string of the molecule is CCCCOCCCN1C(=O)C(Nc2cccc(C)c2)=C(c2ccc(C)cc2)C1=O. The number of nitrogens with one attached hydrogen (secondary N) is 1. The highest BCUT2D eigenvalue weighted by Crippen LogP contribution is 2.31. The van der Waals surface area contributed by atoms with Crippen molar-refractivity contribution in [1.29, 1.82) is 0 Å². The molecule has 1 heterocycles. The Bertz CT molecular complexity index is 932. The van der Waals surface area contributed by atoms with Gasteiger partial charge in [-0.05, 0) is 49.9 Å². The molecule has 1 N–H and O–H groups in total. The number of carbonyl (C=O) groups excluding carboxylic acids is 2. The van der Waals surface area contributed by atoms with Gasteiger partial charge in [-0.2, -0.15) is 0 Å². The lowest BCUT2D eigenvalue weighted by atomic mass is 10.0. The quantitative estimate of drug-likeness (QED) is 0.459. The van der Waals surface area contributed by atoms with Gasteiger partial charge in [0.1, 0.15) is 5.70 Å². The van der Waals surface area contributed by atoms with Gasteiger partial charge in [0.15, 0.2) is 0 Å². The van der Waals surface area contributed by atoms with Crippen LogP contribution in [0.1, 0.15) is 42.9 Å². The number of unbranched alkanes of at least 4 members (excludes halogenated alkanes) is 1. The Morgan fingerprint density at radius 1 is 0.900 bits per heavy atom. The summed E-state index contributed by atoms with van der Waals surface area (Å²) in [4.78, 5) is 27.7. The number of aryl methyl sites for hydroxylation is 2. The van der Waals surface area contributed by atoms with Crippen LogP contribution in [0.3, 0.4) is 0 Å². The van der Waals surface area contributed by atoms with Gasteiger partial charge in [0.25, 0.3) is 11.8 Å². The Morgan fingerprint density at radius 2 is 1.63 bits per heavy atom. The second kappa shape index (κ2) is 10.2. The maximum Gasteiger partial charge on any atom is 0.278 e. The van der Waals surface area contributed by atoms with Crippen LogP contribution < -0.4 is 5.32 Å². The van der Waals surface area contributed by atoms with Gasteiger partial charge >= 0.3 is 0 Å². The molecule has 0 bridgehead atoms. The van der Waals surface area contributed by atoms with Gasteiger partial charge < -0.3 is 10.1 Å². The fraction of sp³-hybridized carbons (Fsp3) is 0.360. The van der Waals surface area contributed by atoms with Crippen LogP contribution >= 0.6 is 0 Å². The molecule has 0 unspecified atom stereocenters. The summed E-state index contributed by atoms with van der Waals surface area (Å²) in [6, 6.07) is 15.5. The highest BCUT2D eigenvalue weighted by Gasteiger charge is 2.38.